The predicted octanol–water partition coefficient (Wildman–Crippen LogP) is 0.416. The Bertz CT molecular complexity index is 457. The molecular weight excluding hydrogens is 431 g/mol. The van der Waals surface area contributed by atoms with E-state index in [0.29, 0.717) is 12.6 Å². The number of fused-ring (bicyclic) bond motifs is 3. The number of carbonyl (C=O) groups excluding carboxylic acids is 1. The second kappa shape index (κ2) is 9.91. The summed E-state index contributed by atoms with van der Waals surface area (Å²) in [6.07, 6.45) is 0. The maximum atomic E-state index is 12.1. The number of rotatable bonds is 5. The minimum absolute atomic E-state index is 0. The van der Waals surface area contributed by atoms with E-state index in [0.717, 1.165) is 38.7 Å². The highest BCUT2D eigenvalue weighted by molar-refractivity contribution is 14.0. The predicted molar refractivity (Wildman–Crippen MR) is 114 cm³/mol. The van der Waals surface area contributed by atoms with Gasteiger partial charge < -0.3 is 15.5 Å². The number of guanidine groups is 1. The molecule has 25 heavy (non-hydrogen) atoms. The molecule has 8 heteroatoms. The molecule has 2 N–H and O–H groups in total. The summed E-state index contributed by atoms with van der Waals surface area (Å²) in [6.45, 7) is 15.7. The minimum Gasteiger partial charge on any atom is -0.357 e. The molecule has 0 aromatic rings. The topological polar surface area (TPSA) is 63.2 Å². The van der Waals surface area contributed by atoms with E-state index in [4.69, 9.17) is 4.99 Å². The molecule has 1 amide bonds. The van der Waals surface area contributed by atoms with Crippen molar-refractivity contribution in [1.82, 2.24) is 25.3 Å². The van der Waals surface area contributed by atoms with E-state index in [1.165, 1.54) is 13.1 Å². The fourth-order valence-corrected chi connectivity index (χ4v) is 3.31. The second-order valence-corrected chi connectivity index (χ2v) is 7.84. The zero-order valence-electron chi connectivity index (χ0n) is 16.3. The number of halogens is 1. The molecule has 3 fully saturated rings. The molecule has 0 aromatic carbocycles. The van der Waals surface area contributed by atoms with E-state index in [9.17, 15) is 4.79 Å². The molecule has 3 rings (SSSR count). The van der Waals surface area contributed by atoms with Crippen LogP contribution in [0.5, 0.6) is 0 Å². The van der Waals surface area contributed by atoms with Gasteiger partial charge in [-0.2, -0.15) is 0 Å². The maximum absolute atomic E-state index is 12.1. The standard InChI is InChI=1S/C17H34N6O.HI/c1-6-18-16(21(5)13-15(24)20-17(2,3)4)19-11-14-12-22-7-9-23(14)10-8-22;/h14H,6-13H2,1-5H3,(H,18,19)(H,20,24);1H. The highest BCUT2D eigenvalue weighted by atomic mass is 127. The second-order valence-electron chi connectivity index (χ2n) is 7.84. The van der Waals surface area contributed by atoms with E-state index in [2.05, 4.69) is 27.4 Å². The van der Waals surface area contributed by atoms with Crippen molar-refractivity contribution < 1.29 is 4.79 Å². The number of nitrogens with zero attached hydrogens (tertiary/aromatic N) is 4. The van der Waals surface area contributed by atoms with E-state index >= 15 is 0 Å². The first-order valence-electron chi connectivity index (χ1n) is 9.05. The van der Waals surface area contributed by atoms with Crippen LogP contribution in [0, 0.1) is 0 Å². The summed E-state index contributed by atoms with van der Waals surface area (Å²) in [6, 6.07) is 0.498. The lowest BCUT2D eigenvalue weighted by Crippen LogP contribution is -2.62. The lowest BCUT2D eigenvalue weighted by Gasteiger charge is -2.47. The highest BCUT2D eigenvalue weighted by Crippen LogP contribution is 2.15. The van der Waals surface area contributed by atoms with Crippen LogP contribution in [0.3, 0.4) is 0 Å². The third-order valence-corrected chi connectivity index (χ3v) is 4.44. The Labute approximate surface area is 169 Å². The molecule has 146 valence electrons. The van der Waals surface area contributed by atoms with Gasteiger partial charge in [-0.05, 0) is 27.7 Å². The Balaban J connectivity index is 0.00000312. The van der Waals surface area contributed by atoms with Crippen molar-refractivity contribution in [1.29, 1.82) is 0 Å². The van der Waals surface area contributed by atoms with Gasteiger partial charge in [-0.25, -0.2) is 0 Å². The van der Waals surface area contributed by atoms with Crippen molar-refractivity contribution in [2.75, 3.05) is 59.4 Å². The average molecular weight is 466 g/mol. The van der Waals surface area contributed by atoms with Crippen molar-refractivity contribution in [3.05, 3.63) is 0 Å². The molecule has 3 aliphatic heterocycles. The first-order chi connectivity index (χ1) is 11.3. The zero-order valence-corrected chi connectivity index (χ0v) is 18.7. The van der Waals surface area contributed by atoms with E-state index in [1.54, 1.807) is 0 Å². The Morgan fingerprint density at radius 3 is 2.36 bits per heavy atom. The first kappa shape index (κ1) is 22.4. The fraction of sp³-hybridized carbons (Fsp3) is 0.882. The maximum Gasteiger partial charge on any atom is 0.240 e. The molecule has 1 unspecified atom stereocenters. The number of hydrogen-bond donors (Lipinski definition) is 2. The normalized spacial score (nSPS) is 26.0. The van der Waals surface area contributed by atoms with Gasteiger partial charge in [0.1, 0.15) is 0 Å². The monoisotopic (exact) mass is 466 g/mol. The van der Waals surface area contributed by atoms with Crippen molar-refractivity contribution in [3.8, 4) is 0 Å². The molecule has 1 atom stereocenters. The smallest absolute Gasteiger partial charge is 0.240 e. The Morgan fingerprint density at radius 2 is 1.88 bits per heavy atom. The molecule has 0 saturated carbocycles. The quantitative estimate of drug-likeness (QED) is 0.350. The lowest BCUT2D eigenvalue weighted by molar-refractivity contribution is -0.122. The summed E-state index contributed by atoms with van der Waals surface area (Å²) in [7, 11) is 1.92. The van der Waals surface area contributed by atoms with Gasteiger partial charge in [0.25, 0.3) is 0 Å². The summed E-state index contributed by atoms with van der Waals surface area (Å²) in [4.78, 5) is 23.9. The van der Waals surface area contributed by atoms with Crippen LogP contribution in [0.4, 0.5) is 0 Å². The van der Waals surface area contributed by atoms with Crippen LogP contribution in [-0.4, -0.2) is 97.6 Å². The Hall–Kier alpha value is -0.610. The summed E-state index contributed by atoms with van der Waals surface area (Å²) in [5.74, 6) is 0.821. The first-order valence-corrected chi connectivity index (χ1v) is 9.05. The molecule has 0 aliphatic carbocycles. The van der Waals surface area contributed by atoms with Gasteiger partial charge in [-0.15, -0.1) is 24.0 Å². The third-order valence-electron chi connectivity index (χ3n) is 4.44. The van der Waals surface area contributed by atoms with Crippen molar-refractivity contribution in [2.45, 2.75) is 39.3 Å². The number of carbonyl (C=O) groups is 1. The minimum atomic E-state index is -0.212. The molecular formula is C17H35IN6O. The molecule has 3 saturated heterocycles. The number of piperazine rings is 3. The van der Waals surface area contributed by atoms with Crippen LogP contribution in [-0.2, 0) is 4.79 Å². The van der Waals surface area contributed by atoms with Gasteiger partial charge in [0.05, 0.1) is 13.1 Å². The van der Waals surface area contributed by atoms with Crippen molar-refractivity contribution in [3.63, 3.8) is 0 Å². The van der Waals surface area contributed by atoms with Gasteiger partial charge in [-0.1, -0.05) is 0 Å². The molecule has 3 aliphatic rings. The molecule has 3 heterocycles. The van der Waals surface area contributed by atoms with E-state index < -0.39 is 0 Å². The lowest BCUT2D eigenvalue weighted by atomic mass is 10.1. The van der Waals surface area contributed by atoms with Crippen LogP contribution in [0.2, 0.25) is 0 Å². The Morgan fingerprint density at radius 1 is 1.24 bits per heavy atom. The van der Waals surface area contributed by atoms with Crippen molar-refractivity contribution >= 4 is 35.8 Å². The summed E-state index contributed by atoms with van der Waals surface area (Å²) >= 11 is 0. The van der Waals surface area contributed by atoms with E-state index in [-0.39, 0.29) is 35.4 Å². The Kier molecular flexibility index (Phi) is 8.90. The summed E-state index contributed by atoms with van der Waals surface area (Å²) < 4.78 is 0. The SMILES string of the molecule is CCNC(=NCC1CN2CCN1CC2)N(C)CC(=O)NC(C)(C)C.I. The van der Waals surface area contributed by atoms with Crippen LogP contribution in [0.15, 0.2) is 4.99 Å². The number of amides is 1. The molecule has 7 nitrogen and oxygen atoms in total. The fourth-order valence-electron chi connectivity index (χ4n) is 3.31. The number of nitrogens with one attached hydrogen (secondary N) is 2. The number of hydrogen-bond acceptors (Lipinski definition) is 4. The molecule has 0 aromatic heterocycles. The van der Waals surface area contributed by atoms with Gasteiger partial charge in [0, 0.05) is 57.9 Å². The van der Waals surface area contributed by atoms with Crippen LogP contribution in [0.25, 0.3) is 0 Å². The van der Waals surface area contributed by atoms with E-state index in [1.807, 2.05) is 32.7 Å². The largest absolute Gasteiger partial charge is 0.357 e. The van der Waals surface area contributed by atoms with Crippen LogP contribution >= 0.6 is 24.0 Å². The summed E-state index contributed by atoms with van der Waals surface area (Å²) in [5.41, 5.74) is -0.212. The van der Waals surface area contributed by atoms with Crippen LogP contribution in [0.1, 0.15) is 27.7 Å². The van der Waals surface area contributed by atoms with Gasteiger partial charge in [0.15, 0.2) is 5.96 Å². The van der Waals surface area contributed by atoms with Gasteiger partial charge >= 0.3 is 0 Å². The molecule has 0 radical (unpaired) electrons. The number of aliphatic imine (C=N–C) groups is 1. The van der Waals surface area contributed by atoms with Crippen molar-refractivity contribution in [2.24, 2.45) is 4.99 Å². The molecule has 2 bridgehead atoms. The zero-order chi connectivity index (χ0) is 17.7. The highest BCUT2D eigenvalue weighted by Gasteiger charge is 2.31. The van der Waals surface area contributed by atoms with Crippen LogP contribution < -0.4 is 10.6 Å². The third kappa shape index (κ3) is 7.26. The average Bonchev–Trinajstić information content (AvgIpc) is 2.50. The number of likely N-dealkylation sites (N-methyl/N-ethyl adjacent to an activating group) is 1. The van der Waals surface area contributed by atoms with Gasteiger partial charge in [0.2, 0.25) is 5.91 Å². The van der Waals surface area contributed by atoms with Gasteiger partial charge in [-0.3, -0.25) is 19.6 Å². The molecule has 0 spiro atoms. The summed E-state index contributed by atoms with van der Waals surface area (Å²) in [5, 5.41) is 6.29.